The van der Waals surface area contributed by atoms with Crippen molar-refractivity contribution in [2.24, 2.45) is 0 Å². The molecule has 0 aliphatic carbocycles. The first-order valence-corrected chi connectivity index (χ1v) is 9.14. The SMILES string of the molecule is COCCOc1ccc(C(F)(F)F)cc1NC(=O)COC(=O)c1cc([N+](=O)[O-])ccc1Cl. The molecule has 1 amide bonds. The number of anilines is 1. The van der Waals surface area contributed by atoms with Gasteiger partial charge in [0.05, 0.1) is 33.4 Å². The van der Waals surface area contributed by atoms with Gasteiger partial charge in [0.15, 0.2) is 6.61 Å². The fourth-order valence-corrected chi connectivity index (χ4v) is 2.54. The molecule has 0 aliphatic heterocycles. The van der Waals surface area contributed by atoms with Crippen molar-refractivity contribution < 1.29 is 41.9 Å². The minimum Gasteiger partial charge on any atom is -0.489 e. The topological polar surface area (TPSA) is 117 Å². The van der Waals surface area contributed by atoms with Crippen LogP contribution in [0, 0.1) is 10.1 Å². The molecule has 0 radical (unpaired) electrons. The van der Waals surface area contributed by atoms with Gasteiger partial charge in [-0.05, 0) is 24.3 Å². The van der Waals surface area contributed by atoms with E-state index in [1.54, 1.807) is 0 Å². The highest BCUT2D eigenvalue weighted by atomic mass is 35.5. The van der Waals surface area contributed by atoms with Crippen molar-refractivity contribution in [2.75, 3.05) is 32.2 Å². The van der Waals surface area contributed by atoms with E-state index in [9.17, 15) is 32.9 Å². The van der Waals surface area contributed by atoms with Gasteiger partial charge in [-0.2, -0.15) is 13.2 Å². The zero-order valence-corrected chi connectivity index (χ0v) is 17.2. The molecule has 0 saturated carbocycles. The van der Waals surface area contributed by atoms with Gasteiger partial charge in [0.2, 0.25) is 0 Å². The maximum Gasteiger partial charge on any atom is 0.416 e. The van der Waals surface area contributed by atoms with Gasteiger partial charge in [0.1, 0.15) is 12.4 Å². The quantitative estimate of drug-likeness (QED) is 0.251. The molecule has 2 aromatic carbocycles. The largest absolute Gasteiger partial charge is 0.489 e. The number of hydrogen-bond acceptors (Lipinski definition) is 7. The van der Waals surface area contributed by atoms with Crippen molar-refractivity contribution in [3.05, 3.63) is 62.7 Å². The van der Waals surface area contributed by atoms with E-state index in [4.69, 9.17) is 25.8 Å². The van der Waals surface area contributed by atoms with Crippen molar-refractivity contribution >= 4 is 34.9 Å². The molecule has 2 aromatic rings. The number of carbonyl (C=O) groups is 2. The third-order valence-electron chi connectivity index (χ3n) is 3.84. The lowest BCUT2D eigenvalue weighted by Crippen LogP contribution is -2.22. The molecule has 9 nitrogen and oxygen atoms in total. The smallest absolute Gasteiger partial charge is 0.416 e. The van der Waals surface area contributed by atoms with Gasteiger partial charge in [0.25, 0.3) is 11.6 Å². The first-order valence-electron chi connectivity index (χ1n) is 8.77. The third-order valence-corrected chi connectivity index (χ3v) is 4.17. The predicted molar refractivity (Wildman–Crippen MR) is 106 cm³/mol. The van der Waals surface area contributed by atoms with E-state index in [2.05, 4.69) is 5.32 Å². The van der Waals surface area contributed by atoms with Gasteiger partial charge >= 0.3 is 12.1 Å². The van der Waals surface area contributed by atoms with E-state index >= 15 is 0 Å². The van der Waals surface area contributed by atoms with Crippen LogP contribution in [0.25, 0.3) is 0 Å². The van der Waals surface area contributed by atoms with Gasteiger partial charge in [-0.1, -0.05) is 11.6 Å². The first-order chi connectivity index (χ1) is 15.0. The minimum atomic E-state index is -4.67. The Morgan fingerprint density at radius 2 is 1.88 bits per heavy atom. The van der Waals surface area contributed by atoms with E-state index in [0.29, 0.717) is 6.07 Å². The number of amides is 1. The number of carbonyl (C=O) groups excluding carboxylic acids is 2. The van der Waals surface area contributed by atoms with E-state index in [-0.39, 0.29) is 35.2 Å². The highest BCUT2D eigenvalue weighted by Crippen LogP contribution is 2.35. The summed E-state index contributed by atoms with van der Waals surface area (Å²) in [4.78, 5) is 34.4. The molecule has 0 unspecified atom stereocenters. The molecule has 13 heteroatoms. The number of nitro benzene ring substituents is 1. The maximum absolute atomic E-state index is 13.0. The van der Waals surface area contributed by atoms with Gasteiger partial charge in [-0.25, -0.2) is 4.79 Å². The Balaban J connectivity index is 2.12. The number of hydrogen-bond donors (Lipinski definition) is 1. The summed E-state index contributed by atoms with van der Waals surface area (Å²) in [5.74, 6) is -2.17. The zero-order chi connectivity index (χ0) is 23.9. The summed E-state index contributed by atoms with van der Waals surface area (Å²) in [6.07, 6.45) is -4.67. The average Bonchev–Trinajstić information content (AvgIpc) is 2.72. The number of rotatable bonds is 9. The molecular formula is C19H16ClF3N2O7. The fourth-order valence-electron chi connectivity index (χ4n) is 2.34. The van der Waals surface area contributed by atoms with Crippen LogP contribution in [-0.2, 0) is 20.4 Å². The van der Waals surface area contributed by atoms with Crippen molar-refractivity contribution in [3.63, 3.8) is 0 Å². The van der Waals surface area contributed by atoms with Gasteiger partial charge < -0.3 is 19.5 Å². The molecule has 0 aromatic heterocycles. The molecule has 0 saturated heterocycles. The van der Waals surface area contributed by atoms with Crippen LogP contribution in [0.15, 0.2) is 36.4 Å². The van der Waals surface area contributed by atoms with Crippen molar-refractivity contribution in [3.8, 4) is 5.75 Å². The number of nitrogens with zero attached hydrogens (tertiary/aromatic N) is 1. The lowest BCUT2D eigenvalue weighted by molar-refractivity contribution is -0.384. The lowest BCUT2D eigenvalue weighted by Gasteiger charge is -2.15. The molecule has 0 aliphatic rings. The molecule has 0 heterocycles. The summed E-state index contributed by atoms with van der Waals surface area (Å²) in [6.45, 7) is -0.743. The monoisotopic (exact) mass is 476 g/mol. The number of benzene rings is 2. The van der Waals surface area contributed by atoms with Crippen LogP contribution in [0.3, 0.4) is 0 Å². The fraction of sp³-hybridized carbons (Fsp3) is 0.263. The van der Waals surface area contributed by atoms with Gasteiger partial charge in [-0.15, -0.1) is 0 Å². The van der Waals surface area contributed by atoms with Gasteiger partial charge in [0, 0.05) is 19.2 Å². The minimum absolute atomic E-state index is 0.00497. The second-order valence-corrected chi connectivity index (χ2v) is 6.50. The predicted octanol–water partition coefficient (Wildman–Crippen LogP) is 4.09. The van der Waals surface area contributed by atoms with Crippen LogP contribution in [0.2, 0.25) is 5.02 Å². The number of nitrogens with one attached hydrogen (secondary N) is 1. The van der Waals surface area contributed by atoms with Crippen LogP contribution in [0.1, 0.15) is 15.9 Å². The lowest BCUT2D eigenvalue weighted by atomic mass is 10.1. The molecule has 172 valence electrons. The Morgan fingerprint density at radius 1 is 1.16 bits per heavy atom. The first kappa shape index (κ1) is 24.9. The summed E-state index contributed by atoms with van der Waals surface area (Å²) in [7, 11) is 1.40. The molecule has 1 N–H and O–H groups in total. The Labute approximate surface area is 184 Å². The summed E-state index contributed by atoms with van der Waals surface area (Å²) >= 11 is 5.82. The molecule has 2 rings (SSSR count). The van der Waals surface area contributed by atoms with Crippen LogP contribution < -0.4 is 10.1 Å². The van der Waals surface area contributed by atoms with Gasteiger partial charge in [-0.3, -0.25) is 14.9 Å². The Kier molecular flexibility index (Phi) is 8.38. The Bertz CT molecular complexity index is 1010. The maximum atomic E-state index is 13.0. The molecule has 0 atom stereocenters. The van der Waals surface area contributed by atoms with Crippen LogP contribution in [-0.4, -0.2) is 43.7 Å². The standard InChI is InChI=1S/C19H16ClF3N2O7/c1-30-6-7-31-16-5-2-11(19(21,22)23)8-15(16)24-17(26)10-32-18(27)13-9-12(25(28)29)3-4-14(13)20/h2-5,8-9H,6-7,10H2,1H3,(H,24,26). The van der Waals surface area contributed by atoms with Crippen LogP contribution in [0.4, 0.5) is 24.5 Å². The summed E-state index contributed by atoms with van der Waals surface area (Å²) in [5, 5.41) is 12.9. The normalized spacial score (nSPS) is 11.0. The van der Waals surface area contributed by atoms with E-state index in [1.807, 2.05) is 0 Å². The molecule has 32 heavy (non-hydrogen) atoms. The molecule has 0 spiro atoms. The summed E-state index contributed by atoms with van der Waals surface area (Å²) in [6, 6.07) is 5.54. The summed E-state index contributed by atoms with van der Waals surface area (Å²) in [5.41, 5.74) is -2.11. The average molecular weight is 477 g/mol. The van der Waals surface area contributed by atoms with E-state index in [1.165, 1.54) is 7.11 Å². The van der Waals surface area contributed by atoms with Crippen LogP contribution >= 0.6 is 11.6 Å². The zero-order valence-electron chi connectivity index (χ0n) is 16.4. The number of esters is 1. The molecule has 0 fully saturated rings. The molecular weight excluding hydrogens is 461 g/mol. The second kappa shape index (κ2) is 10.8. The second-order valence-electron chi connectivity index (χ2n) is 6.10. The van der Waals surface area contributed by atoms with E-state index < -0.39 is 40.8 Å². The van der Waals surface area contributed by atoms with Crippen molar-refractivity contribution in [1.29, 1.82) is 0 Å². The van der Waals surface area contributed by atoms with Crippen LogP contribution in [0.5, 0.6) is 5.75 Å². The third kappa shape index (κ3) is 6.82. The number of methoxy groups -OCH3 is 1. The highest BCUT2D eigenvalue weighted by molar-refractivity contribution is 6.33. The summed E-state index contributed by atoms with van der Waals surface area (Å²) < 4.78 is 53.9. The molecule has 0 bridgehead atoms. The highest BCUT2D eigenvalue weighted by Gasteiger charge is 2.31. The number of alkyl halides is 3. The number of halogens is 4. The number of nitro groups is 1. The van der Waals surface area contributed by atoms with Crippen molar-refractivity contribution in [2.45, 2.75) is 6.18 Å². The van der Waals surface area contributed by atoms with Crippen molar-refractivity contribution in [1.82, 2.24) is 0 Å². The van der Waals surface area contributed by atoms with E-state index in [0.717, 1.165) is 30.3 Å². The number of ether oxygens (including phenoxy) is 3. The number of non-ortho nitro benzene ring substituents is 1. The Hall–Kier alpha value is -3.38. The Morgan fingerprint density at radius 3 is 2.50 bits per heavy atom.